The van der Waals surface area contributed by atoms with Crippen molar-refractivity contribution in [2.45, 2.75) is 193 Å². The van der Waals surface area contributed by atoms with Gasteiger partial charge in [0.15, 0.2) is 6.10 Å². The van der Waals surface area contributed by atoms with Crippen molar-refractivity contribution in [3.8, 4) is 0 Å². The van der Waals surface area contributed by atoms with Gasteiger partial charge in [0.1, 0.15) is 12.6 Å². The molecule has 0 rings (SSSR count). The molecule has 0 bridgehead atoms. The minimum absolute atomic E-state index is 0.0781. The molecule has 4 N–H and O–H groups in total. The number of ether oxygens (including phenoxy) is 2. The first-order chi connectivity index (χ1) is 25.1. The van der Waals surface area contributed by atoms with Crippen LogP contribution in [-0.2, 0) is 37.5 Å². The Labute approximate surface area is 315 Å². The smallest absolute Gasteiger partial charge is 0.472 e. The van der Waals surface area contributed by atoms with E-state index in [-0.39, 0.29) is 19.4 Å². The van der Waals surface area contributed by atoms with E-state index in [4.69, 9.17) is 24.8 Å². The van der Waals surface area contributed by atoms with Crippen molar-refractivity contribution >= 4 is 25.7 Å². The highest BCUT2D eigenvalue weighted by Gasteiger charge is 2.28. The molecule has 0 saturated heterocycles. The minimum atomic E-state index is -4.72. The Bertz CT molecular complexity index is 989. The third-order valence-electron chi connectivity index (χ3n) is 8.69. The van der Waals surface area contributed by atoms with Crippen LogP contribution in [0, 0.1) is 0 Å². The molecular formula is C40H74NO10P. The first kappa shape index (κ1) is 50.0. The van der Waals surface area contributed by atoms with Crippen LogP contribution in [0.15, 0.2) is 24.3 Å². The van der Waals surface area contributed by atoms with Crippen molar-refractivity contribution in [1.29, 1.82) is 0 Å². The number of unbranched alkanes of at least 4 members (excludes halogenated alkanes) is 20. The fourth-order valence-electron chi connectivity index (χ4n) is 5.43. The number of allylic oxidation sites excluding steroid dienone is 4. The molecule has 0 radical (unpaired) electrons. The van der Waals surface area contributed by atoms with Crippen LogP contribution in [0.4, 0.5) is 0 Å². The summed E-state index contributed by atoms with van der Waals surface area (Å²) in [5.41, 5.74) is 5.32. The number of hydrogen-bond acceptors (Lipinski definition) is 9. The second kappa shape index (κ2) is 36.0. The normalized spacial score (nSPS) is 14.1. The van der Waals surface area contributed by atoms with E-state index in [0.29, 0.717) is 12.8 Å². The largest absolute Gasteiger partial charge is 0.480 e. The molecule has 0 aromatic carbocycles. The van der Waals surface area contributed by atoms with Crippen molar-refractivity contribution in [2.75, 3.05) is 19.8 Å². The van der Waals surface area contributed by atoms with Gasteiger partial charge in [-0.3, -0.25) is 23.4 Å². The van der Waals surface area contributed by atoms with Gasteiger partial charge < -0.3 is 25.2 Å². The Morgan fingerprint density at radius 1 is 0.577 bits per heavy atom. The predicted molar refractivity (Wildman–Crippen MR) is 208 cm³/mol. The molecule has 0 aromatic heterocycles. The zero-order valence-electron chi connectivity index (χ0n) is 32.7. The summed E-state index contributed by atoms with van der Waals surface area (Å²) in [4.78, 5) is 45.8. The van der Waals surface area contributed by atoms with E-state index in [2.05, 4.69) is 36.6 Å². The van der Waals surface area contributed by atoms with E-state index in [1.54, 1.807) is 0 Å². The number of carboxylic acid groups (broad SMARTS) is 1. The van der Waals surface area contributed by atoms with Crippen molar-refractivity contribution in [2.24, 2.45) is 5.73 Å². The number of nitrogens with two attached hydrogens (primary N) is 1. The number of rotatable bonds is 38. The predicted octanol–water partition coefficient (Wildman–Crippen LogP) is 10.3. The van der Waals surface area contributed by atoms with Gasteiger partial charge >= 0.3 is 25.7 Å². The average Bonchev–Trinajstić information content (AvgIpc) is 3.12. The molecule has 0 spiro atoms. The van der Waals surface area contributed by atoms with Crippen molar-refractivity contribution in [1.82, 2.24) is 0 Å². The molecule has 0 amide bonds. The number of carboxylic acids is 1. The molecule has 1 unspecified atom stereocenters. The van der Waals surface area contributed by atoms with Gasteiger partial charge in [-0.05, 0) is 51.4 Å². The number of carbonyl (C=O) groups excluding carboxylic acids is 2. The zero-order chi connectivity index (χ0) is 38.5. The second-order valence-corrected chi connectivity index (χ2v) is 15.2. The van der Waals surface area contributed by atoms with Gasteiger partial charge in [0.25, 0.3) is 0 Å². The average molecular weight is 760 g/mol. The Morgan fingerprint density at radius 3 is 1.50 bits per heavy atom. The highest BCUT2D eigenvalue weighted by molar-refractivity contribution is 7.47. The monoisotopic (exact) mass is 760 g/mol. The maximum absolute atomic E-state index is 12.6. The standard InChI is InChI=1S/C40H74NO10P/c1-3-5-7-9-11-13-15-17-18-20-22-24-26-28-30-32-39(43)51-36(34-49-52(46,47)50-35-37(41)40(44)45)33-48-38(42)31-29-27-25-23-21-19-16-14-12-10-8-6-4-2/h14,16,26,28,36-37H,3-13,15,17-25,27,29-35,41H2,1-2H3,(H,44,45)(H,46,47)/b16-14+,28-26+/t36-,37+/m1/s1. The van der Waals surface area contributed by atoms with Gasteiger partial charge in [0.2, 0.25) is 0 Å². The molecule has 0 fully saturated rings. The van der Waals surface area contributed by atoms with Crippen molar-refractivity contribution in [3.05, 3.63) is 24.3 Å². The molecule has 0 aliphatic heterocycles. The first-order valence-corrected chi connectivity index (χ1v) is 21.9. The molecule has 0 heterocycles. The van der Waals surface area contributed by atoms with Gasteiger partial charge in [-0.2, -0.15) is 0 Å². The Kier molecular flexibility index (Phi) is 34.6. The van der Waals surface area contributed by atoms with E-state index in [1.807, 2.05) is 6.08 Å². The summed E-state index contributed by atoms with van der Waals surface area (Å²) in [7, 11) is -4.72. The van der Waals surface area contributed by atoms with Crippen LogP contribution in [0.25, 0.3) is 0 Å². The molecule has 0 saturated carbocycles. The van der Waals surface area contributed by atoms with Crippen LogP contribution in [0.1, 0.15) is 181 Å². The van der Waals surface area contributed by atoms with E-state index in [0.717, 1.165) is 51.4 Å². The molecule has 11 nitrogen and oxygen atoms in total. The summed E-state index contributed by atoms with van der Waals surface area (Å²) in [5.74, 6) is -2.45. The lowest BCUT2D eigenvalue weighted by atomic mass is 10.1. The quantitative estimate of drug-likeness (QED) is 0.0237. The van der Waals surface area contributed by atoms with Crippen molar-refractivity contribution in [3.63, 3.8) is 0 Å². The highest BCUT2D eigenvalue weighted by Crippen LogP contribution is 2.43. The van der Waals surface area contributed by atoms with Crippen LogP contribution in [0.2, 0.25) is 0 Å². The van der Waals surface area contributed by atoms with Crippen LogP contribution in [-0.4, -0.2) is 59.9 Å². The summed E-state index contributed by atoms with van der Waals surface area (Å²) in [6.07, 6.45) is 35.4. The Morgan fingerprint density at radius 2 is 1.00 bits per heavy atom. The lowest BCUT2D eigenvalue weighted by Gasteiger charge is -2.20. The fraction of sp³-hybridized carbons (Fsp3) is 0.825. The second-order valence-electron chi connectivity index (χ2n) is 13.8. The lowest BCUT2D eigenvalue weighted by molar-refractivity contribution is -0.161. The number of hydrogen-bond donors (Lipinski definition) is 3. The van der Waals surface area contributed by atoms with Crippen molar-refractivity contribution < 1.29 is 47.5 Å². The molecule has 0 aliphatic carbocycles. The van der Waals surface area contributed by atoms with Crippen LogP contribution < -0.4 is 5.73 Å². The van der Waals surface area contributed by atoms with E-state index < -0.39 is 51.1 Å². The highest BCUT2D eigenvalue weighted by atomic mass is 31.2. The molecule has 304 valence electrons. The first-order valence-electron chi connectivity index (χ1n) is 20.4. The van der Waals surface area contributed by atoms with Gasteiger partial charge in [0.05, 0.1) is 13.2 Å². The van der Waals surface area contributed by atoms with Gasteiger partial charge in [-0.15, -0.1) is 0 Å². The lowest BCUT2D eigenvalue weighted by Crippen LogP contribution is -2.34. The van der Waals surface area contributed by atoms with E-state index >= 15 is 0 Å². The number of phosphoric ester groups is 1. The van der Waals surface area contributed by atoms with Gasteiger partial charge in [-0.25, -0.2) is 4.57 Å². The molecule has 0 aromatic rings. The summed E-state index contributed by atoms with van der Waals surface area (Å²) < 4.78 is 32.5. The topological polar surface area (TPSA) is 172 Å². The summed E-state index contributed by atoms with van der Waals surface area (Å²) >= 11 is 0. The minimum Gasteiger partial charge on any atom is -0.480 e. The Hall–Kier alpha value is -2.04. The van der Waals surface area contributed by atoms with E-state index in [9.17, 15) is 23.8 Å². The SMILES string of the molecule is CCCCCC/C=C/CCCCCCCC(=O)OC[C@H](COP(=O)(O)OC[C@H](N)C(=O)O)OC(=O)CC/C=C/CCCCCCCCCCCCC. The Balaban J connectivity index is 4.45. The fourth-order valence-corrected chi connectivity index (χ4v) is 6.21. The number of carbonyl (C=O) groups is 3. The van der Waals surface area contributed by atoms with Crippen LogP contribution in [0.5, 0.6) is 0 Å². The van der Waals surface area contributed by atoms with Gasteiger partial charge in [-0.1, -0.05) is 141 Å². The van der Waals surface area contributed by atoms with Gasteiger partial charge in [0, 0.05) is 12.8 Å². The molecule has 52 heavy (non-hydrogen) atoms. The number of esters is 2. The summed E-state index contributed by atoms with van der Waals surface area (Å²) in [6, 6.07) is -1.52. The molecule has 0 aliphatic rings. The third kappa shape index (κ3) is 35.0. The zero-order valence-corrected chi connectivity index (χ0v) is 33.5. The third-order valence-corrected chi connectivity index (χ3v) is 9.64. The number of aliphatic carboxylic acids is 1. The van der Waals surface area contributed by atoms with Crippen LogP contribution in [0.3, 0.4) is 0 Å². The maximum Gasteiger partial charge on any atom is 0.472 e. The summed E-state index contributed by atoms with van der Waals surface area (Å²) in [6.45, 7) is 2.74. The molecule has 12 heteroatoms. The number of phosphoric acid groups is 1. The maximum atomic E-state index is 12.6. The van der Waals surface area contributed by atoms with Crippen LogP contribution >= 0.6 is 7.82 Å². The molecule has 3 atom stereocenters. The molecular weight excluding hydrogens is 685 g/mol. The summed E-state index contributed by atoms with van der Waals surface area (Å²) in [5, 5.41) is 8.86. The van der Waals surface area contributed by atoms with E-state index in [1.165, 1.54) is 89.9 Å².